The van der Waals surface area contributed by atoms with E-state index < -0.39 is 0 Å². The topological polar surface area (TPSA) is 69.3 Å². The number of carbonyl (C=O) groups excluding carboxylic acids is 1. The fourth-order valence-electron chi connectivity index (χ4n) is 4.23. The molecule has 2 aromatic carbocycles. The van der Waals surface area contributed by atoms with E-state index >= 15 is 0 Å². The van der Waals surface area contributed by atoms with Crippen molar-refractivity contribution < 1.29 is 4.79 Å². The number of anilines is 1. The molecule has 2 atom stereocenters. The maximum atomic E-state index is 12.8. The number of rotatable bonds is 5. The third kappa shape index (κ3) is 4.11. The van der Waals surface area contributed by atoms with E-state index in [0.717, 1.165) is 31.0 Å². The van der Waals surface area contributed by atoms with Crippen molar-refractivity contribution in [2.75, 3.05) is 5.32 Å². The van der Waals surface area contributed by atoms with Crippen LogP contribution in [0.1, 0.15) is 34.8 Å². The summed E-state index contributed by atoms with van der Waals surface area (Å²) in [5, 5.41) is 3.07. The monoisotopic (exact) mass is 399 g/mol. The number of hydrogen-bond donors (Lipinski definition) is 3. The summed E-state index contributed by atoms with van der Waals surface area (Å²) in [6.45, 7) is 2.78. The molecule has 1 aromatic heterocycles. The molecule has 1 saturated heterocycles. The van der Waals surface area contributed by atoms with E-state index in [4.69, 9.17) is 0 Å². The van der Waals surface area contributed by atoms with E-state index in [1.54, 1.807) is 6.20 Å². The van der Waals surface area contributed by atoms with Crippen molar-refractivity contribution >= 4 is 11.6 Å². The zero-order valence-electron chi connectivity index (χ0n) is 16.7. The first-order chi connectivity index (χ1) is 14.7. The standard InChI is InChI=1S/C24H25N5O/c30-24(23-13-22(27-28-23)21-8-4-5-11-25-21)26-20-10-9-18-15-29(16-19(18)12-20)14-17-6-2-1-3-7-17/h1-12,22-23,27-28H,13-16H2,(H,26,30). The van der Waals surface area contributed by atoms with Crippen molar-refractivity contribution in [1.29, 1.82) is 0 Å². The Bertz CT molecular complexity index is 1020. The number of hydrogen-bond acceptors (Lipinski definition) is 5. The first-order valence-electron chi connectivity index (χ1n) is 10.4. The van der Waals surface area contributed by atoms with Gasteiger partial charge in [-0.05, 0) is 47.4 Å². The molecular formula is C24H25N5O. The van der Waals surface area contributed by atoms with Crippen molar-refractivity contribution in [3.8, 4) is 0 Å². The van der Waals surface area contributed by atoms with Crippen molar-refractivity contribution in [3.05, 3.63) is 95.3 Å². The predicted octanol–water partition coefficient (Wildman–Crippen LogP) is 3.14. The summed E-state index contributed by atoms with van der Waals surface area (Å²) in [5.41, 5.74) is 12.0. The van der Waals surface area contributed by atoms with Crippen LogP contribution in [0.15, 0.2) is 72.9 Å². The van der Waals surface area contributed by atoms with Crippen LogP contribution >= 0.6 is 0 Å². The Balaban J connectivity index is 1.19. The van der Waals surface area contributed by atoms with Gasteiger partial charge in [0, 0.05) is 31.5 Å². The third-order valence-corrected chi connectivity index (χ3v) is 5.78. The van der Waals surface area contributed by atoms with Crippen molar-refractivity contribution in [2.24, 2.45) is 0 Å². The average molecular weight is 399 g/mol. The van der Waals surface area contributed by atoms with Gasteiger partial charge in [-0.25, -0.2) is 10.9 Å². The van der Waals surface area contributed by atoms with E-state index in [-0.39, 0.29) is 18.0 Å². The number of nitrogens with one attached hydrogen (secondary N) is 3. The molecule has 2 aliphatic heterocycles. The SMILES string of the molecule is O=C(Nc1ccc2c(c1)CN(Cc1ccccc1)C2)C1CC(c2ccccn2)NN1. The minimum Gasteiger partial charge on any atom is -0.325 e. The molecule has 0 saturated carbocycles. The maximum absolute atomic E-state index is 12.8. The molecule has 3 heterocycles. The van der Waals surface area contributed by atoms with Gasteiger partial charge in [0.05, 0.1) is 11.7 Å². The van der Waals surface area contributed by atoms with Crippen LogP contribution in [-0.2, 0) is 24.4 Å². The van der Waals surface area contributed by atoms with Crippen molar-refractivity contribution in [3.63, 3.8) is 0 Å². The zero-order chi connectivity index (χ0) is 20.3. The highest BCUT2D eigenvalue weighted by Gasteiger charge is 2.31. The molecule has 6 nitrogen and oxygen atoms in total. The molecule has 0 bridgehead atoms. The maximum Gasteiger partial charge on any atom is 0.242 e. The quantitative estimate of drug-likeness (QED) is 0.615. The lowest BCUT2D eigenvalue weighted by Crippen LogP contribution is -2.39. The molecule has 5 rings (SSSR count). The molecule has 3 N–H and O–H groups in total. The number of benzene rings is 2. The number of nitrogens with zero attached hydrogens (tertiary/aromatic N) is 2. The zero-order valence-corrected chi connectivity index (χ0v) is 16.7. The number of carbonyl (C=O) groups is 1. The van der Waals surface area contributed by atoms with Gasteiger partial charge in [-0.3, -0.25) is 14.7 Å². The number of aromatic nitrogens is 1. The van der Waals surface area contributed by atoms with Gasteiger partial charge in [-0.1, -0.05) is 42.5 Å². The minimum absolute atomic E-state index is 0.0278. The lowest BCUT2D eigenvalue weighted by atomic mass is 10.1. The highest BCUT2D eigenvalue weighted by molar-refractivity contribution is 5.95. The second kappa shape index (κ2) is 8.36. The summed E-state index contributed by atoms with van der Waals surface area (Å²) in [7, 11) is 0. The highest BCUT2D eigenvalue weighted by atomic mass is 16.2. The summed E-state index contributed by atoms with van der Waals surface area (Å²) in [6.07, 6.45) is 2.44. The van der Waals surface area contributed by atoms with E-state index in [2.05, 4.69) is 62.5 Å². The average Bonchev–Trinajstić information content (AvgIpc) is 3.42. The van der Waals surface area contributed by atoms with E-state index in [9.17, 15) is 4.79 Å². The van der Waals surface area contributed by atoms with Crippen LogP contribution in [0.25, 0.3) is 0 Å². The van der Waals surface area contributed by atoms with Crippen LogP contribution in [0.3, 0.4) is 0 Å². The van der Waals surface area contributed by atoms with Gasteiger partial charge in [0.25, 0.3) is 0 Å². The van der Waals surface area contributed by atoms with E-state index in [1.807, 2.05) is 30.3 Å². The van der Waals surface area contributed by atoms with E-state index in [1.165, 1.54) is 16.7 Å². The fraction of sp³-hybridized carbons (Fsp3) is 0.250. The Labute approximate surface area is 176 Å². The molecule has 6 heteroatoms. The Morgan fingerprint density at radius 1 is 1.00 bits per heavy atom. The van der Waals surface area contributed by atoms with Gasteiger partial charge < -0.3 is 5.32 Å². The van der Waals surface area contributed by atoms with Crippen LogP contribution in [0, 0.1) is 0 Å². The number of amides is 1. The molecule has 152 valence electrons. The summed E-state index contributed by atoms with van der Waals surface area (Å²) in [5.74, 6) is -0.0278. The molecule has 1 fully saturated rings. The van der Waals surface area contributed by atoms with Crippen LogP contribution in [0.5, 0.6) is 0 Å². The molecule has 2 aliphatic rings. The molecule has 0 radical (unpaired) electrons. The molecule has 3 aromatic rings. The van der Waals surface area contributed by atoms with Crippen LogP contribution in [-0.4, -0.2) is 21.8 Å². The first-order valence-corrected chi connectivity index (χ1v) is 10.4. The molecular weight excluding hydrogens is 374 g/mol. The molecule has 1 amide bonds. The highest BCUT2D eigenvalue weighted by Crippen LogP contribution is 2.27. The Hall–Kier alpha value is -3.06. The summed E-state index contributed by atoms with van der Waals surface area (Å²) < 4.78 is 0. The third-order valence-electron chi connectivity index (χ3n) is 5.78. The van der Waals surface area contributed by atoms with Crippen LogP contribution in [0.2, 0.25) is 0 Å². The number of hydrazine groups is 1. The van der Waals surface area contributed by atoms with Crippen LogP contribution < -0.4 is 16.2 Å². The smallest absolute Gasteiger partial charge is 0.242 e. The van der Waals surface area contributed by atoms with Crippen molar-refractivity contribution in [1.82, 2.24) is 20.7 Å². The van der Waals surface area contributed by atoms with Gasteiger partial charge in [-0.2, -0.15) is 0 Å². The number of pyridine rings is 1. The Kier molecular flexibility index (Phi) is 5.27. The fourth-order valence-corrected chi connectivity index (χ4v) is 4.23. The lowest BCUT2D eigenvalue weighted by molar-refractivity contribution is -0.117. The summed E-state index contributed by atoms with van der Waals surface area (Å²) in [4.78, 5) is 19.6. The second-order valence-corrected chi connectivity index (χ2v) is 7.99. The van der Waals surface area contributed by atoms with Gasteiger partial charge in [0.15, 0.2) is 0 Å². The van der Waals surface area contributed by atoms with Gasteiger partial charge >= 0.3 is 0 Å². The minimum atomic E-state index is -0.292. The molecule has 0 spiro atoms. The summed E-state index contributed by atoms with van der Waals surface area (Å²) >= 11 is 0. The van der Waals surface area contributed by atoms with Crippen molar-refractivity contribution in [2.45, 2.75) is 38.1 Å². The number of fused-ring (bicyclic) bond motifs is 1. The summed E-state index contributed by atoms with van der Waals surface area (Å²) in [6, 6.07) is 22.3. The Morgan fingerprint density at radius 3 is 2.67 bits per heavy atom. The molecule has 2 unspecified atom stereocenters. The normalized spacial score (nSPS) is 20.8. The Morgan fingerprint density at radius 2 is 1.83 bits per heavy atom. The predicted molar refractivity (Wildman–Crippen MR) is 116 cm³/mol. The second-order valence-electron chi connectivity index (χ2n) is 7.99. The van der Waals surface area contributed by atoms with Crippen LogP contribution in [0.4, 0.5) is 5.69 Å². The van der Waals surface area contributed by atoms with Gasteiger partial charge in [0.2, 0.25) is 5.91 Å². The van der Waals surface area contributed by atoms with Gasteiger partial charge in [-0.15, -0.1) is 0 Å². The van der Waals surface area contributed by atoms with Gasteiger partial charge in [0.1, 0.15) is 6.04 Å². The largest absolute Gasteiger partial charge is 0.325 e. The van der Waals surface area contributed by atoms with E-state index in [0.29, 0.717) is 6.42 Å². The first kappa shape index (κ1) is 18.9. The molecule has 30 heavy (non-hydrogen) atoms. The lowest BCUT2D eigenvalue weighted by Gasteiger charge is -2.14. The molecule has 0 aliphatic carbocycles.